The van der Waals surface area contributed by atoms with E-state index in [9.17, 15) is 0 Å². The van der Waals surface area contributed by atoms with E-state index in [1.54, 1.807) is 18.0 Å². The maximum atomic E-state index is 5.57. The molecule has 2 aromatic rings. The van der Waals surface area contributed by atoms with Crippen molar-refractivity contribution in [2.75, 3.05) is 19.0 Å². The van der Waals surface area contributed by atoms with Crippen molar-refractivity contribution in [1.82, 2.24) is 20.0 Å². The Morgan fingerprint density at radius 3 is 2.65 bits per heavy atom. The Hall–Kier alpha value is -1.95. The number of methoxy groups -OCH3 is 1. The summed E-state index contributed by atoms with van der Waals surface area (Å²) in [6.45, 7) is 0.781. The maximum Gasteiger partial charge on any atom is 0.148 e. The fourth-order valence-electron chi connectivity index (χ4n) is 2.46. The highest BCUT2D eigenvalue weighted by molar-refractivity contribution is 5.54. The van der Waals surface area contributed by atoms with Gasteiger partial charge in [-0.15, -0.1) is 10.2 Å². The molecule has 0 radical (unpaired) electrons. The Labute approximate surface area is 118 Å². The fraction of sp³-hybridized carbons (Fsp3) is 0.500. The molecular weight excluding hydrogens is 254 g/mol. The highest BCUT2D eigenvalue weighted by atomic mass is 16.5. The van der Waals surface area contributed by atoms with Crippen LogP contribution in [0.3, 0.4) is 0 Å². The van der Waals surface area contributed by atoms with Crippen molar-refractivity contribution in [2.24, 2.45) is 7.05 Å². The average molecular weight is 273 g/mol. The molecule has 6 nitrogen and oxygen atoms in total. The molecule has 3 rings (SSSR count). The molecule has 0 saturated heterocycles. The minimum absolute atomic E-state index is 0.0115. The van der Waals surface area contributed by atoms with Gasteiger partial charge in [-0.2, -0.15) is 5.10 Å². The van der Waals surface area contributed by atoms with E-state index in [1.807, 2.05) is 25.2 Å². The van der Waals surface area contributed by atoms with E-state index < -0.39 is 0 Å². The first kappa shape index (κ1) is 13.1. The zero-order chi connectivity index (χ0) is 14.0. The molecule has 0 amide bonds. The molecule has 0 spiro atoms. The molecular formula is C14H19N5O. The fourth-order valence-corrected chi connectivity index (χ4v) is 2.46. The Morgan fingerprint density at radius 2 is 2.15 bits per heavy atom. The first-order valence-corrected chi connectivity index (χ1v) is 6.84. The van der Waals surface area contributed by atoms with Crippen molar-refractivity contribution < 1.29 is 4.74 Å². The minimum atomic E-state index is -0.0115. The zero-order valence-electron chi connectivity index (χ0n) is 11.8. The van der Waals surface area contributed by atoms with Crippen molar-refractivity contribution >= 4 is 5.82 Å². The summed E-state index contributed by atoms with van der Waals surface area (Å²) in [4.78, 5) is 0. The van der Waals surface area contributed by atoms with Gasteiger partial charge in [-0.1, -0.05) is 0 Å². The molecule has 106 valence electrons. The second-order valence-electron chi connectivity index (χ2n) is 5.24. The van der Waals surface area contributed by atoms with Crippen molar-refractivity contribution in [1.29, 1.82) is 0 Å². The lowest BCUT2D eigenvalue weighted by atomic mass is 9.80. The molecule has 20 heavy (non-hydrogen) atoms. The number of ether oxygens (including phenoxy) is 1. The largest absolute Gasteiger partial charge is 0.376 e. The number of hydrogen-bond donors (Lipinski definition) is 1. The van der Waals surface area contributed by atoms with Crippen LogP contribution in [0.2, 0.25) is 0 Å². The number of aromatic nitrogens is 4. The van der Waals surface area contributed by atoms with Crippen LogP contribution < -0.4 is 5.32 Å². The lowest BCUT2D eigenvalue weighted by molar-refractivity contribution is -0.0601. The van der Waals surface area contributed by atoms with Gasteiger partial charge in [0, 0.05) is 26.9 Å². The van der Waals surface area contributed by atoms with Gasteiger partial charge >= 0.3 is 0 Å². The molecule has 0 aliphatic heterocycles. The van der Waals surface area contributed by atoms with Gasteiger partial charge in [-0.25, -0.2) is 0 Å². The summed E-state index contributed by atoms with van der Waals surface area (Å²) in [5.41, 5.74) is 1.76. The third-order valence-corrected chi connectivity index (χ3v) is 4.04. The van der Waals surface area contributed by atoms with Crippen LogP contribution in [-0.4, -0.2) is 39.2 Å². The molecule has 0 aromatic carbocycles. The molecule has 1 N–H and O–H groups in total. The molecule has 0 atom stereocenters. The smallest absolute Gasteiger partial charge is 0.148 e. The molecule has 2 aromatic heterocycles. The van der Waals surface area contributed by atoms with E-state index in [4.69, 9.17) is 4.74 Å². The highest BCUT2D eigenvalue weighted by Gasteiger charge is 2.36. The van der Waals surface area contributed by atoms with Crippen LogP contribution in [0.25, 0.3) is 11.4 Å². The molecule has 2 heterocycles. The normalized spacial score (nSPS) is 16.7. The van der Waals surface area contributed by atoms with Crippen molar-refractivity contribution in [2.45, 2.75) is 24.9 Å². The second-order valence-corrected chi connectivity index (χ2v) is 5.24. The quantitative estimate of drug-likeness (QED) is 0.900. The Morgan fingerprint density at radius 1 is 1.30 bits per heavy atom. The third-order valence-electron chi connectivity index (χ3n) is 4.04. The van der Waals surface area contributed by atoms with E-state index in [0.717, 1.165) is 36.6 Å². The molecule has 1 fully saturated rings. The van der Waals surface area contributed by atoms with Gasteiger partial charge < -0.3 is 10.1 Å². The van der Waals surface area contributed by atoms with Crippen molar-refractivity contribution in [3.05, 3.63) is 24.4 Å². The van der Waals surface area contributed by atoms with Crippen LogP contribution in [0.4, 0.5) is 5.82 Å². The number of aryl methyl sites for hydroxylation is 1. The lowest BCUT2D eigenvalue weighted by Crippen LogP contribution is -2.45. The second kappa shape index (κ2) is 5.20. The van der Waals surface area contributed by atoms with Crippen molar-refractivity contribution in [3.63, 3.8) is 0 Å². The van der Waals surface area contributed by atoms with Gasteiger partial charge in [0.1, 0.15) is 11.5 Å². The molecule has 0 bridgehead atoms. The monoisotopic (exact) mass is 273 g/mol. The molecule has 1 saturated carbocycles. The van der Waals surface area contributed by atoms with E-state index in [1.165, 1.54) is 6.42 Å². The van der Waals surface area contributed by atoms with Crippen LogP contribution in [0.1, 0.15) is 19.3 Å². The van der Waals surface area contributed by atoms with Crippen LogP contribution in [0.15, 0.2) is 24.4 Å². The molecule has 6 heteroatoms. The SMILES string of the molecule is COC1(CNc2ccc(-c3ccnn3C)nn2)CCC1. The predicted octanol–water partition coefficient (Wildman–Crippen LogP) is 1.86. The van der Waals surface area contributed by atoms with Gasteiger partial charge in [-0.05, 0) is 37.5 Å². The van der Waals surface area contributed by atoms with Gasteiger partial charge in [0.25, 0.3) is 0 Å². The van der Waals surface area contributed by atoms with Crippen LogP contribution in [0.5, 0.6) is 0 Å². The first-order chi connectivity index (χ1) is 9.72. The zero-order valence-corrected chi connectivity index (χ0v) is 11.8. The Kier molecular flexibility index (Phi) is 3.40. The summed E-state index contributed by atoms with van der Waals surface area (Å²) >= 11 is 0. The molecule has 0 unspecified atom stereocenters. The summed E-state index contributed by atoms with van der Waals surface area (Å²) < 4.78 is 7.35. The number of nitrogens with zero attached hydrogens (tertiary/aromatic N) is 4. The van der Waals surface area contributed by atoms with Crippen LogP contribution >= 0.6 is 0 Å². The van der Waals surface area contributed by atoms with Crippen molar-refractivity contribution in [3.8, 4) is 11.4 Å². The summed E-state index contributed by atoms with van der Waals surface area (Å²) in [6, 6.07) is 5.81. The Bertz CT molecular complexity index is 568. The molecule has 1 aliphatic carbocycles. The number of anilines is 1. The number of hydrogen-bond acceptors (Lipinski definition) is 5. The number of nitrogens with one attached hydrogen (secondary N) is 1. The standard InChI is InChI=1S/C14H19N5O/c1-19-12(6-9-16-19)11-4-5-13(18-17-11)15-10-14(20-2)7-3-8-14/h4-6,9H,3,7-8,10H2,1-2H3,(H,15,18). The van der Waals surface area contributed by atoms with E-state index in [2.05, 4.69) is 20.6 Å². The topological polar surface area (TPSA) is 64.9 Å². The Balaban J connectivity index is 1.66. The summed E-state index contributed by atoms with van der Waals surface area (Å²) in [6.07, 6.45) is 5.21. The maximum absolute atomic E-state index is 5.57. The van der Waals surface area contributed by atoms with Crippen LogP contribution in [-0.2, 0) is 11.8 Å². The van der Waals surface area contributed by atoms with Gasteiger partial charge in [0.05, 0.1) is 11.3 Å². The summed E-state index contributed by atoms with van der Waals surface area (Å²) in [5.74, 6) is 0.777. The summed E-state index contributed by atoms with van der Waals surface area (Å²) in [7, 11) is 3.67. The van der Waals surface area contributed by atoms with E-state index >= 15 is 0 Å². The van der Waals surface area contributed by atoms with E-state index in [-0.39, 0.29) is 5.60 Å². The number of rotatable bonds is 5. The first-order valence-electron chi connectivity index (χ1n) is 6.84. The molecule has 1 aliphatic rings. The lowest BCUT2D eigenvalue weighted by Gasteiger charge is -2.40. The third kappa shape index (κ3) is 2.38. The van der Waals surface area contributed by atoms with Crippen LogP contribution in [0, 0.1) is 0 Å². The van der Waals surface area contributed by atoms with E-state index in [0.29, 0.717) is 0 Å². The summed E-state index contributed by atoms with van der Waals surface area (Å²) in [5, 5.41) is 15.9. The predicted molar refractivity (Wildman–Crippen MR) is 76.3 cm³/mol. The highest BCUT2D eigenvalue weighted by Crippen LogP contribution is 2.34. The van der Waals surface area contributed by atoms with Gasteiger partial charge in [0.2, 0.25) is 0 Å². The van der Waals surface area contributed by atoms with Gasteiger partial charge in [0.15, 0.2) is 0 Å². The van der Waals surface area contributed by atoms with Gasteiger partial charge in [-0.3, -0.25) is 4.68 Å². The minimum Gasteiger partial charge on any atom is -0.376 e. The average Bonchev–Trinajstić information content (AvgIpc) is 2.85.